The maximum atomic E-state index is 12.2. The molecule has 3 nitrogen and oxygen atoms in total. The van der Waals surface area contributed by atoms with Crippen molar-refractivity contribution in [3.63, 3.8) is 0 Å². The molecule has 0 aliphatic rings. The number of carbonyl (C=O) groups excluding carboxylic acids is 1. The summed E-state index contributed by atoms with van der Waals surface area (Å²) in [5.41, 5.74) is 2.62. The second kappa shape index (κ2) is 7.38. The Labute approximate surface area is 133 Å². The molecule has 0 amide bonds. The molecule has 0 unspecified atom stereocenters. The second-order valence-corrected chi connectivity index (χ2v) is 6.06. The van der Waals surface area contributed by atoms with Crippen molar-refractivity contribution in [1.82, 2.24) is 4.90 Å². The van der Waals surface area contributed by atoms with Crippen LogP contribution in [0.4, 0.5) is 0 Å². The highest BCUT2D eigenvalue weighted by atomic mass is 79.9. The van der Waals surface area contributed by atoms with E-state index < -0.39 is 0 Å². The number of nitrogens with zero attached hydrogens (tertiary/aromatic N) is 1. The number of ether oxygens (including phenoxy) is 1. The highest BCUT2D eigenvalue weighted by Crippen LogP contribution is 2.18. The molecule has 110 valence electrons. The first-order valence-electron chi connectivity index (χ1n) is 6.70. The lowest BCUT2D eigenvalue weighted by Crippen LogP contribution is -2.12. The first kappa shape index (κ1) is 15.7. The Morgan fingerprint density at radius 2 is 1.81 bits per heavy atom. The van der Waals surface area contributed by atoms with Gasteiger partial charge in [0.2, 0.25) is 0 Å². The van der Waals surface area contributed by atoms with Crippen LogP contribution in [0.5, 0.6) is 0 Å². The lowest BCUT2D eigenvalue weighted by molar-refractivity contribution is 0.0472. The van der Waals surface area contributed by atoms with Crippen LogP contribution in [0.1, 0.15) is 21.5 Å². The Hall–Kier alpha value is -1.65. The molecule has 2 rings (SSSR count). The van der Waals surface area contributed by atoms with Crippen molar-refractivity contribution in [1.29, 1.82) is 0 Å². The molecular weight excluding hydrogens is 330 g/mol. The third-order valence-corrected chi connectivity index (χ3v) is 3.36. The van der Waals surface area contributed by atoms with E-state index in [0.717, 1.165) is 22.1 Å². The number of esters is 1. The highest BCUT2D eigenvalue weighted by Gasteiger charge is 2.10. The van der Waals surface area contributed by atoms with Crippen LogP contribution in [0.15, 0.2) is 53.0 Å². The van der Waals surface area contributed by atoms with Crippen LogP contribution in [0, 0.1) is 0 Å². The van der Waals surface area contributed by atoms with E-state index >= 15 is 0 Å². The number of hydrogen-bond donors (Lipinski definition) is 0. The summed E-state index contributed by atoms with van der Waals surface area (Å²) < 4.78 is 6.24. The van der Waals surface area contributed by atoms with E-state index in [-0.39, 0.29) is 12.6 Å². The summed E-state index contributed by atoms with van der Waals surface area (Å²) in [7, 11) is 3.99. The normalized spacial score (nSPS) is 10.7. The molecule has 0 bridgehead atoms. The molecule has 0 saturated carbocycles. The SMILES string of the molecule is CN(C)Cc1cc(Br)cc(C(=O)OCc2ccccc2)c1. The van der Waals surface area contributed by atoms with Gasteiger partial charge in [-0.05, 0) is 43.4 Å². The van der Waals surface area contributed by atoms with Gasteiger partial charge in [0.05, 0.1) is 5.56 Å². The van der Waals surface area contributed by atoms with Crippen molar-refractivity contribution < 1.29 is 9.53 Å². The van der Waals surface area contributed by atoms with Gasteiger partial charge >= 0.3 is 5.97 Å². The van der Waals surface area contributed by atoms with E-state index in [1.807, 2.05) is 56.6 Å². The van der Waals surface area contributed by atoms with Gasteiger partial charge in [-0.1, -0.05) is 46.3 Å². The van der Waals surface area contributed by atoms with Crippen LogP contribution in [0.25, 0.3) is 0 Å². The lowest BCUT2D eigenvalue weighted by Gasteiger charge is -2.12. The van der Waals surface area contributed by atoms with Crippen LogP contribution < -0.4 is 0 Å². The first-order chi connectivity index (χ1) is 10.0. The predicted octanol–water partition coefficient (Wildman–Crippen LogP) is 3.87. The fourth-order valence-corrected chi connectivity index (χ4v) is 2.57. The zero-order valence-corrected chi connectivity index (χ0v) is 13.8. The molecule has 21 heavy (non-hydrogen) atoms. The molecule has 4 heteroatoms. The quantitative estimate of drug-likeness (QED) is 0.769. The van der Waals surface area contributed by atoms with Gasteiger partial charge in [-0.15, -0.1) is 0 Å². The number of carbonyl (C=O) groups is 1. The molecule has 0 aliphatic carbocycles. The average molecular weight is 348 g/mol. The van der Waals surface area contributed by atoms with E-state index in [1.165, 1.54) is 0 Å². The monoisotopic (exact) mass is 347 g/mol. The fraction of sp³-hybridized carbons (Fsp3) is 0.235. The third-order valence-electron chi connectivity index (χ3n) is 2.90. The third kappa shape index (κ3) is 4.99. The predicted molar refractivity (Wildman–Crippen MR) is 87.1 cm³/mol. The van der Waals surface area contributed by atoms with Crippen molar-refractivity contribution in [2.24, 2.45) is 0 Å². The molecule has 0 N–H and O–H groups in total. The van der Waals surface area contributed by atoms with E-state index in [0.29, 0.717) is 5.56 Å². The summed E-state index contributed by atoms with van der Waals surface area (Å²) >= 11 is 3.44. The molecule has 0 aromatic heterocycles. The van der Waals surface area contributed by atoms with Crippen LogP contribution in [0.3, 0.4) is 0 Å². The zero-order chi connectivity index (χ0) is 15.2. The molecule has 0 atom stereocenters. The zero-order valence-electron chi connectivity index (χ0n) is 12.2. The molecule has 0 fully saturated rings. The van der Waals surface area contributed by atoms with Crippen molar-refractivity contribution in [3.05, 3.63) is 69.7 Å². The first-order valence-corrected chi connectivity index (χ1v) is 7.49. The highest BCUT2D eigenvalue weighted by molar-refractivity contribution is 9.10. The Bertz CT molecular complexity index is 611. The van der Waals surface area contributed by atoms with E-state index in [2.05, 4.69) is 20.8 Å². The number of halogens is 1. The van der Waals surface area contributed by atoms with Gasteiger partial charge < -0.3 is 9.64 Å². The minimum Gasteiger partial charge on any atom is -0.457 e. The molecule has 2 aromatic carbocycles. The average Bonchev–Trinajstić information content (AvgIpc) is 2.44. The fourth-order valence-electron chi connectivity index (χ4n) is 2.03. The summed E-state index contributed by atoms with van der Waals surface area (Å²) in [5, 5.41) is 0. The molecular formula is C17H18BrNO2. The summed E-state index contributed by atoms with van der Waals surface area (Å²) in [6.45, 7) is 1.06. The van der Waals surface area contributed by atoms with Gasteiger partial charge in [-0.3, -0.25) is 0 Å². The largest absolute Gasteiger partial charge is 0.457 e. The van der Waals surface area contributed by atoms with Crippen molar-refractivity contribution in [2.45, 2.75) is 13.2 Å². The van der Waals surface area contributed by atoms with Crippen LogP contribution in [0.2, 0.25) is 0 Å². The maximum Gasteiger partial charge on any atom is 0.338 e. The molecule has 0 heterocycles. The minimum atomic E-state index is -0.305. The molecule has 0 aliphatic heterocycles. The molecule has 0 spiro atoms. The molecule has 0 radical (unpaired) electrons. The Morgan fingerprint density at radius 3 is 2.48 bits per heavy atom. The topological polar surface area (TPSA) is 29.5 Å². The molecule has 0 saturated heterocycles. The van der Waals surface area contributed by atoms with Gasteiger partial charge in [0.15, 0.2) is 0 Å². The van der Waals surface area contributed by atoms with Gasteiger partial charge in [0.25, 0.3) is 0 Å². The Balaban J connectivity index is 2.06. The van der Waals surface area contributed by atoms with E-state index in [1.54, 1.807) is 6.07 Å². The van der Waals surface area contributed by atoms with Crippen molar-refractivity contribution in [2.75, 3.05) is 14.1 Å². The summed E-state index contributed by atoms with van der Waals surface area (Å²) in [4.78, 5) is 14.2. The van der Waals surface area contributed by atoms with Crippen LogP contribution >= 0.6 is 15.9 Å². The van der Waals surface area contributed by atoms with Gasteiger partial charge in [-0.2, -0.15) is 0 Å². The van der Waals surface area contributed by atoms with Crippen molar-refractivity contribution in [3.8, 4) is 0 Å². The Kier molecular flexibility index (Phi) is 5.53. The smallest absolute Gasteiger partial charge is 0.338 e. The summed E-state index contributed by atoms with van der Waals surface area (Å²) in [5.74, 6) is -0.305. The summed E-state index contributed by atoms with van der Waals surface area (Å²) in [6.07, 6.45) is 0. The van der Waals surface area contributed by atoms with Gasteiger partial charge in [0, 0.05) is 11.0 Å². The lowest BCUT2D eigenvalue weighted by atomic mass is 10.1. The van der Waals surface area contributed by atoms with Crippen LogP contribution in [-0.4, -0.2) is 25.0 Å². The number of benzene rings is 2. The van der Waals surface area contributed by atoms with E-state index in [9.17, 15) is 4.79 Å². The van der Waals surface area contributed by atoms with Crippen molar-refractivity contribution >= 4 is 21.9 Å². The molecule has 2 aromatic rings. The van der Waals surface area contributed by atoms with Crippen LogP contribution in [-0.2, 0) is 17.9 Å². The summed E-state index contributed by atoms with van der Waals surface area (Å²) in [6, 6.07) is 15.3. The Morgan fingerprint density at radius 1 is 1.10 bits per heavy atom. The second-order valence-electron chi connectivity index (χ2n) is 5.15. The maximum absolute atomic E-state index is 12.2. The van der Waals surface area contributed by atoms with Gasteiger partial charge in [0.1, 0.15) is 6.61 Å². The number of rotatable bonds is 5. The number of hydrogen-bond acceptors (Lipinski definition) is 3. The minimum absolute atomic E-state index is 0.287. The van der Waals surface area contributed by atoms with E-state index in [4.69, 9.17) is 4.74 Å². The van der Waals surface area contributed by atoms with Gasteiger partial charge in [-0.25, -0.2) is 4.79 Å². The standard InChI is InChI=1S/C17H18BrNO2/c1-19(2)11-14-8-15(10-16(18)9-14)17(20)21-12-13-6-4-3-5-7-13/h3-10H,11-12H2,1-2H3.